The summed E-state index contributed by atoms with van der Waals surface area (Å²) in [5.74, 6) is 3.19. The summed E-state index contributed by atoms with van der Waals surface area (Å²) in [5, 5.41) is 0. The predicted molar refractivity (Wildman–Crippen MR) is 67.9 cm³/mol. The Balaban J connectivity index is 4.09. The molecule has 0 unspecified atom stereocenters. The van der Waals surface area contributed by atoms with E-state index < -0.39 is 0 Å². The quantitative estimate of drug-likeness (QED) is 0.672. The summed E-state index contributed by atoms with van der Waals surface area (Å²) in [7, 11) is 0. The topological polar surface area (TPSA) is 20.3 Å². The first kappa shape index (κ1) is 14.4. The lowest BCUT2D eigenvalue weighted by atomic mass is 10.3. The number of thioether (sulfide) groups is 1. The molecule has 0 saturated carbocycles. The van der Waals surface area contributed by atoms with Crippen LogP contribution in [0.3, 0.4) is 0 Å². The van der Waals surface area contributed by atoms with E-state index in [1.54, 1.807) is 16.7 Å². The average Bonchev–Trinajstić information content (AvgIpc) is 2.13. The van der Waals surface area contributed by atoms with Crippen LogP contribution in [0.2, 0.25) is 0 Å². The Labute approximate surface area is 97.8 Å². The number of rotatable bonds is 5. The Morgan fingerprint density at radius 2 is 2.07 bits per heavy atom. The van der Waals surface area contributed by atoms with Gasteiger partial charge in [0.25, 0.3) is 0 Å². The Kier molecular flexibility index (Phi) is 6.51. The van der Waals surface area contributed by atoms with Crippen molar-refractivity contribution in [2.24, 2.45) is 0 Å². The molecule has 0 aromatic rings. The highest BCUT2D eigenvalue weighted by molar-refractivity contribution is 8.01. The molecule has 0 N–H and O–H groups in total. The molecule has 15 heavy (non-hydrogen) atoms. The molecule has 0 spiro atoms. The van der Waals surface area contributed by atoms with Gasteiger partial charge in [-0.25, -0.2) is 0 Å². The lowest BCUT2D eigenvalue weighted by molar-refractivity contribution is -0.127. The van der Waals surface area contributed by atoms with Gasteiger partial charge in [-0.1, -0.05) is 33.6 Å². The SMILES string of the molecule is C#CCN(CCC)C(=O)CSC(C)(C)C. The first-order chi connectivity index (χ1) is 6.90. The van der Waals surface area contributed by atoms with Crippen LogP contribution in [0, 0.1) is 12.3 Å². The molecular formula is C12H21NOS. The van der Waals surface area contributed by atoms with Crippen molar-refractivity contribution in [2.75, 3.05) is 18.8 Å². The molecule has 0 radical (unpaired) electrons. The van der Waals surface area contributed by atoms with E-state index in [4.69, 9.17) is 6.42 Å². The van der Waals surface area contributed by atoms with Gasteiger partial charge in [-0.15, -0.1) is 18.2 Å². The van der Waals surface area contributed by atoms with Crippen molar-refractivity contribution >= 4 is 17.7 Å². The second kappa shape index (κ2) is 6.79. The van der Waals surface area contributed by atoms with Crippen molar-refractivity contribution in [1.29, 1.82) is 0 Å². The zero-order valence-corrected chi connectivity index (χ0v) is 11.0. The summed E-state index contributed by atoms with van der Waals surface area (Å²) in [4.78, 5) is 13.5. The fourth-order valence-corrected chi connectivity index (χ4v) is 1.78. The predicted octanol–water partition coefficient (Wildman–Crippen LogP) is 2.39. The summed E-state index contributed by atoms with van der Waals surface area (Å²) in [6.07, 6.45) is 6.18. The zero-order chi connectivity index (χ0) is 11.9. The van der Waals surface area contributed by atoms with E-state index in [2.05, 4.69) is 26.7 Å². The van der Waals surface area contributed by atoms with Gasteiger partial charge in [-0.05, 0) is 6.42 Å². The maximum absolute atomic E-state index is 11.8. The van der Waals surface area contributed by atoms with Crippen LogP contribution in [-0.2, 0) is 4.79 Å². The third-order valence-corrected chi connectivity index (χ3v) is 3.01. The minimum Gasteiger partial charge on any atom is -0.331 e. The molecule has 1 amide bonds. The molecule has 0 aliphatic heterocycles. The molecule has 0 aliphatic carbocycles. The van der Waals surface area contributed by atoms with Crippen LogP contribution in [0.1, 0.15) is 34.1 Å². The third-order valence-electron chi connectivity index (χ3n) is 1.76. The van der Waals surface area contributed by atoms with Gasteiger partial charge >= 0.3 is 0 Å². The summed E-state index contributed by atoms with van der Waals surface area (Å²) >= 11 is 1.66. The van der Waals surface area contributed by atoms with Gasteiger partial charge in [-0.2, -0.15) is 0 Å². The lowest BCUT2D eigenvalue weighted by Gasteiger charge is -2.22. The summed E-state index contributed by atoms with van der Waals surface area (Å²) in [5.41, 5.74) is 0. The zero-order valence-electron chi connectivity index (χ0n) is 10.2. The average molecular weight is 227 g/mol. The highest BCUT2D eigenvalue weighted by Gasteiger charge is 2.16. The van der Waals surface area contributed by atoms with Gasteiger partial charge in [0.1, 0.15) is 0 Å². The molecule has 2 nitrogen and oxygen atoms in total. The van der Waals surface area contributed by atoms with Crippen molar-refractivity contribution in [3.05, 3.63) is 0 Å². The van der Waals surface area contributed by atoms with Gasteiger partial charge in [0.2, 0.25) is 5.91 Å². The minimum atomic E-state index is 0.129. The summed E-state index contributed by atoms with van der Waals surface area (Å²) < 4.78 is 0.129. The van der Waals surface area contributed by atoms with Gasteiger partial charge in [0.15, 0.2) is 0 Å². The number of terminal acetylenes is 1. The molecule has 0 atom stereocenters. The van der Waals surface area contributed by atoms with Crippen molar-refractivity contribution < 1.29 is 4.79 Å². The largest absolute Gasteiger partial charge is 0.331 e. The van der Waals surface area contributed by atoms with Crippen molar-refractivity contribution in [3.63, 3.8) is 0 Å². The van der Waals surface area contributed by atoms with E-state index in [1.165, 1.54) is 0 Å². The molecule has 0 rings (SSSR count). The standard InChI is InChI=1S/C12H21NOS/c1-6-8-13(9-7-2)11(14)10-15-12(3,4)5/h1H,7-10H2,2-5H3. The maximum Gasteiger partial charge on any atom is 0.233 e. The lowest BCUT2D eigenvalue weighted by Crippen LogP contribution is -2.34. The first-order valence-electron chi connectivity index (χ1n) is 5.26. The van der Waals surface area contributed by atoms with Crippen LogP contribution < -0.4 is 0 Å². The molecule has 0 bridgehead atoms. The van der Waals surface area contributed by atoms with Crippen molar-refractivity contribution in [2.45, 2.75) is 38.9 Å². The fourth-order valence-electron chi connectivity index (χ4n) is 1.04. The van der Waals surface area contributed by atoms with E-state index in [1.807, 2.05) is 6.92 Å². The van der Waals surface area contributed by atoms with Crippen LogP contribution in [0.25, 0.3) is 0 Å². The van der Waals surface area contributed by atoms with Crippen LogP contribution in [0.5, 0.6) is 0 Å². The summed E-state index contributed by atoms with van der Waals surface area (Å²) in [6, 6.07) is 0. The molecule has 0 heterocycles. The molecule has 0 aromatic carbocycles. The monoisotopic (exact) mass is 227 g/mol. The normalized spacial score (nSPS) is 10.9. The van der Waals surface area contributed by atoms with Crippen LogP contribution in [0.15, 0.2) is 0 Å². The van der Waals surface area contributed by atoms with E-state index in [9.17, 15) is 4.79 Å². The summed E-state index contributed by atoms with van der Waals surface area (Å²) in [6.45, 7) is 9.56. The number of amides is 1. The van der Waals surface area contributed by atoms with Gasteiger partial charge in [-0.3, -0.25) is 4.79 Å². The van der Waals surface area contributed by atoms with E-state index in [-0.39, 0.29) is 10.7 Å². The van der Waals surface area contributed by atoms with Gasteiger partial charge in [0, 0.05) is 11.3 Å². The molecule has 0 aromatic heterocycles. The number of carbonyl (C=O) groups excluding carboxylic acids is 1. The van der Waals surface area contributed by atoms with Crippen LogP contribution >= 0.6 is 11.8 Å². The number of hydrogen-bond donors (Lipinski definition) is 0. The van der Waals surface area contributed by atoms with E-state index in [0.29, 0.717) is 12.3 Å². The Morgan fingerprint density at radius 1 is 1.47 bits per heavy atom. The third kappa shape index (κ3) is 7.33. The maximum atomic E-state index is 11.8. The Bertz CT molecular complexity index is 237. The minimum absolute atomic E-state index is 0.129. The molecule has 86 valence electrons. The Hall–Kier alpha value is -0.620. The number of nitrogens with zero attached hydrogens (tertiary/aromatic N) is 1. The molecule has 0 aliphatic rings. The second-order valence-corrected chi connectivity index (χ2v) is 6.22. The van der Waals surface area contributed by atoms with Crippen molar-refractivity contribution in [1.82, 2.24) is 4.90 Å². The Morgan fingerprint density at radius 3 is 2.47 bits per heavy atom. The number of hydrogen-bond acceptors (Lipinski definition) is 2. The smallest absolute Gasteiger partial charge is 0.233 e. The van der Waals surface area contributed by atoms with E-state index in [0.717, 1.165) is 13.0 Å². The molecule has 3 heteroatoms. The van der Waals surface area contributed by atoms with E-state index >= 15 is 0 Å². The highest BCUT2D eigenvalue weighted by Crippen LogP contribution is 2.23. The van der Waals surface area contributed by atoms with Crippen LogP contribution in [-0.4, -0.2) is 34.4 Å². The second-order valence-electron chi connectivity index (χ2n) is 4.42. The number of carbonyl (C=O) groups is 1. The van der Waals surface area contributed by atoms with Crippen molar-refractivity contribution in [3.8, 4) is 12.3 Å². The molecule has 0 saturated heterocycles. The van der Waals surface area contributed by atoms with Crippen LogP contribution in [0.4, 0.5) is 0 Å². The first-order valence-corrected chi connectivity index (χ1v) is 6.24. The van der Waals surface area contributed by atoms with Gasteiger partial charge < -0.3 is 4.90 Å². The molecular weight excluding hydrogens is 206 g/mol. The van der Waals surface area contributed by atoms with Gasteiger partial charge in [0.05, 0.1) is 12.3 Å². The highest BCUT2D eigenvalue weighted by atomic mass is 32.2. The fraction of sp³-hybridized carbons (Fsp3) is 0.750. The molecule has 0 fully saturated rings.